The van der Waals surface area contributed by atoms with Gasteiger partial charge in [-0.2, -0.15) is 0 Å². The average Bonchev–Trinajstić information content (AvgIpc) is 3.24. The third-order valence-electron chi connectivity index (χ3n) is 7.22. The van der Waals surface area contributed by atoms with E-state index in [9.17, 15) is 14.4 Å². The molecular formula is C27H30Cl2N2O5. The number of nitrogens with zero attached hydrogens (tertiary/aromatic N) is 1. The van der Waals surface area contributed by atoms with Crippen molar-refractivity contribution >= 4 is 41.0 Å². The molecule has 0 spiro atoms. The Hall–Kier alpha value is -2.61. The van der Waals surface area contributed by atoms with Crippen LogP contribution in [0.3, 0.4) is 0 Å². The number of hydrogen-bond acceptors (Lipinski definition) is 4. The molecule has 1 aliphatic heterocycles. The summed E-state index contributed by atoms with van der Waals surface area (Å²) in [6, 6.07) is 9.17. The van der Waals surface area contributed by atoms with Gasteiger partial charge in [0.2, 0.25) is 5.91 Å². The fraction of sp³-hybridized carbons (Fsp3) is 0.444. The SMILES string of the molecule is O=C(N[C@@H](CO)C(=O)O)c1ccc(-c2cc(Cl)c(CC3CCN(C4CCCCC4)C3=O)c(Cl)c2)cc1. The van der Waals surface area contributed by atoms with Crippen molar-refractivity contribution < 1.29 is 24.6 Å². The maximum absolute atomic E-state index is 13.1. The molecule has 36 heavy (non-hydrogen) atoms. The van der Waals surface area contributed by atoms with Crippen LogP contribution < -0.4 is 5.32 Å². The highest BCUT2D eigenvalue weighted by Gasteiger charge is 2.36. The Labute approximate surface area is 220 Å². The van der Waals surface area contributed by atoms with Crippen molar-refractivity contribution in [1.82, 2.24) is 10.2 Å². The number of rotatable bonds is 8. The van der Waals surface area contributed by atoms with Crippen molar-refractivity contribution in [3.63, 3.8) is 0 Å². The smallest absolute Gasteiger partial charge is 0.328 e. The Morgan fingerprint density at radius 1 is 1.00 bits per heavy atom. The first-order valence-corrected chi connectivity index (χ1v) is 13.1. The van der Waals surface area contributed by atoms with Crippen LogP contribution in [0.5, 0.6) is 0 Å². The summed E-state index contributed by atoms with van der Waals surface area (Å²) in [7, 11) is 0. The van der Waals surface area contributed by atoms with Gasteiger partial charge in [-0.3, -0.25) is 9.59 Å². The lowest BCUT2D eigenvalue weighted by molar-refractivity contribution is -0.140. The number of carboxylic acid groups (broad SMARTS) is 1. The molecule has 4 rings (SSSR count). The van der Waals surface area contributed by atoms with Gasteiger partial charge in [-0.15, -0.1) is 0 Å². The summed E-state index contributed by atoms with van der Waals surface area (Å²) in [5, 5.41) is 21.3. The minimum absolute atomic E-state index is 0.112. The number of aliphatic carboxylic acids is 1. The molecule has 7 nitrogen and oxygen atoms in total. The minimum Gasteiger partial charge on any atom is -0.480 e. The number of aliphatic hydroxyl groups excluding tert-OH is 1. The highest BCUT2D eigenvalue weighted by Crippen LogP contribution is 2.36. The molecule has 0 bridgehead atoms. The zero-order valence-electron chi connectivity index (χ0n) is 19.9. The monoisotopic (exact) mass is 532 g/mol. The molecule has 0 aromatic heterocycles. The number of amides is 2. The second-order valence-electron chi connectivity index (χ2n) is 9.56. The third kappa shape index (κ3) is 5.85. The average molecular weight is 533 g/mol. The first-order chi connectivity index (χ1) is 17.3. The summed E-state index contributed by atoms with van der Waals surface area (Å²) in [5.74, 6) is -1.82. The second-order valence-corrected chi connectivity index (χ2v) is 10.4. The van der Waals surface area contributed by atoms with E-state index in [-0.39, 0.29) is 17.4 Å². The van der Waals surface area contributed by atoms with Crippen LogP contribution in [0.15, 0.2) is 36.4 Å². The molecule has 2 amide bonds. The van der Waals surface area contributed by atoms with Gasteiger partial charge in [0.15, 0.2) is 6.04 Å². The second kappa shape index (κ2) is 11.6. The van der Waals surface area contributed by atoms with E-state index in [0.29, 0.717) is 22.5 Å². The predicted molar refractivity (Wildman–Crippen MR) is 138 cm³/mol. The maximum atomic E-state index is 13.1. The fourth-order valence-corrected chi connectivity index (χ4v) is 5.80. The van der Waals surface area contributed by atoms with Gasteiger partial charge in [0, 0.05) is 34.1 Å². The van der Waals surface area contributed by atoms with E-state index in [1.165, 1.54) is 19.3 Å². The molecule has 2 aromatic carbocycles. The molecular weight excluding hydrogens is 503 g/mol. The summed E-state index contributed by atoms with van der Waals surface area (Å²) < 4.78 is 0. The van der Waals surface area contributed by atoms with Crippen molar-refractivity contribution in [2.45, 2.75) is 57.0 Å². The number of hydrogen-bond donors (Lipinski definition) is 3. The molecule has 2 fully saturated rings. The van der Waals surface area contributed by atoms with Gasteiger partial charge < -0.3 is 20.4 Å². The van der Waals surface area contributed by atoms with Crippen molar-refractivity contribution in [2.75, 3.05) is 13.2 Å². The molecule has 0 radical (unpaired) electrons. The number of aliphatic hydroxyl groups is 1. The summed E-state index contributed by atoms with van der Waals surface area (Å²) in [5.41, 5.74) is 2.57. The van der Waals surface area contributed by atoms with Crippen LogP contribution in [0.25, 0.3) is 11.1 Å². The summed E-state index contributed by atoms with van der Waals surface area (Å²) in [4.78, 5) is 38.5. The van der Waals surface area contributed by atoms with Crippen molar-refractivity contribution in [1.29, 1.82) is 0 Å². The molecule has 2 aliphatic rings. The van der Waals surface area contributed by atoms with Gasteiger partial charge in [-0.1, -0.05) is 54.6 Å². The first-order valence-electron chi connectivity index (χ1n) is 12.3. The lowest BCUT2D eigenvalue weighted by atomic mass is 9.93. The lowest BCUT2D eigenvalue weighted by Crippen LogP contribution is -2.43. The van der Waals surface area contributed by atoms with Crippen LogP contribution in [0.4, 0.5) is 0 Å². The van der Waals surface area contributed by atoms with Crippen LogP contribution >= 0.6 is 23.2 Å². The van der Waals surface area contributed by atoms with Gasteiger partial charge in [0.25, 0.3) is 5.91 Å². The number of carbonyl (C=O) groups excluding carboxylic acids is 2. The van der Waals surface area contributed by atoms with Gasteiger partial charge in [0.05, 0.1) is 6.61 Å². The van der Waals surface area contributed by atoms with Crippen LogP contribution in [0.1, 0.15) is 54.4 Å². The molecule has 1 saturated carbocycles. The van der Waals surface area contributed by atoms with Gasteiger partial charge >= 0.3 is 5.97 Å². The molecule has 1 aliphatic carbocycles. The molecule has 192 valence electrons. The zero-order valence-corrected chi connectivity index (χ0v) is 21.4. The third-order valence-corrected chi connectivity index (χ3v) is 7.90. The fourth-order valence-electron chi connectivity index (χ4n) is 5.16. The number of carbonyl (C=O) groups is 3. The molecule has 9 heteroatoms. The van der Waals surface area contributed by atoms with Crippen molar-refractivity contribution in [3.05, 3.63) is 57.6 Å². The van der Waals surface area contributed by atoms with Crippen LogP contribution in [-0.4, -0.2) is 58.1 Å². The van der Waals surface area contributed by atoms with Crippen molar-refractivity contribution in [2.24, 2.45) is 5.92 Å². The van der Waals surface area contributed by atoms with Gasteiger partial charge in [-0.25, -0.2) is 4.79 Å². The molecule has 1 heterocycles. The van der Waals surface area contributed by atoms with Gasteiger partial charge in [0.1, 0.15) is 0 Å². The van der Waals surface area contributed by atoms with Crippen molar-refractivity contribution in [3.8, 4) is 11.1 Å². The molecule has 2 aromatic rings. The van der Waals surface area contributed by atoms with E-state index in [0.717, 1.165) is 42.5 Å². The van der Waals surface area contributed by atoms with Crippen LogP contribution in [-0.2, 0) is 16.0 Å². The van der Waals surface area contributed by atoms with E-state index < -0.39 is 24.5 Å². The highest BCUT2D eigenvalue weighted by molar-refractivity contribution is 6.36. The van der Waals surface area contributed by atoms with Crippen LogP contribution in [0.2, 0.25) is 10.0 Å². The molecule has 2 atom stereocenters. The highest BCUT2D eigenvalue weighted by atomic mass is 35.5. The largest absolute Gasteiger partial charge is 0.480 e. The lowest BCUT2D eigenvalue weighted by Gasteiger charge is -2.31. The van der Waals surface area contributed by atoms with E-state index in [1.807, 2.05) is 12.1 Å². The number of benzene rings is 2. The Bertz CT molecular complexity index is 1110. The standard InChI is InChI=1S/C27H30Cl2N2O5/c28-22-13-19(16-6-8-17(9-7-16)25(33)30-24(15-32)27(35)36)14-23(29)21(22)12-18-10-11-31(26(18)34)20-4-2-1-3-5-20/h6-9,13-14,18,20,24,32H,1-5,10-12,15H2,(H,30,33)(H,35,36)/t18?,24-/m0/s1. The minimum atomic E-state index is -1.37. The van der Waals surface area contributed by atoms with Gasteiger partial charge in [-0.05, 0) is 66.6 Å². The quantitative estimate of drug-likeness (QED) is 0.461. The zero-order chi connectivity index (χ0) is 25.8. The Morgan fingerprint density at radius 3 is 2.22 bits per heavy atom. The Balaban J connectivity index is 1.44. The molecule has 1 saturated heterocycles. The maximum Gasteiger partial charge on any atom is 0.328 e. The van der Waals surface area contributed by atoms with Crippen LogP contribution in [0, 0.1) is 5.92 Å². The number of likely N-dealkylation sites (tertiary alicyclic amines) is 1. The number of nitrogens with one attached hydrogen (secondary N) is 1. The summed E-state index contributed by atoms with van der Waals surface area (Å²) >= 11 is 13.3. The number of halogens is 2. The molecule has 3 N–H and O–H groups in total. The van der Waals surface area contributed by atoms with E-state index in [2.05, 4.69) is 10.2 Å². The Morgan fingerprint density at radius 2 is 1.64 bits per heavy atom. The topological polar surface area (TPSA) is 107 Å². The number of carboxylic acids is 1. The normalized spacial score (nSPS) is 19.4. The van der Waals surface area contributed by atoms with E-state index in [4.69, 9.17) is 33.4 Å². The Kier molecular flexibility index (Phi) is 8.54. The molecule has 1 unspecified atom stereocenters. The first kappa shape index (κ1) is 26.5. The van der Waals surface area contributed by atoms with E-state index in [1.54, 1.807) is 24.3 Å². The summed E-state index contributed by atoms with van der Waals surface area (Å²) in [6.07, 6.45) is 7.14. The summed E-state index contributed by atoms with van der Waals surface area (Å²) in [6.45, 7) is 0.0977. The van der Waals surface area contributed by atoms with E-state index >= 15 is 0 Å². The predicted octanol–water partition coefficient (Wildman–Crippen LogP) is 4.56.